The molecule has 0 aliphatic heterocycles. The van der Waals surface area contributed by atoms with Gasteiger partial charge in [-0.05, 0) is 73.2 Å². The first-order chi connectivity index (χ1) is 19.7. The smallest absolute Gasteiger partial charge is 0.272 e. The summed E-state index contributed by atoms with van der Waals surface area (Å²) in [4.78, 5) is 39.8. The van der Waals surface area contributed by atoms with E-state index in [0.29, 0.717) is 32.5 Å². The maximum Gasteiger partial charge on any atom is 0.272 e. The van der Waals surface area contributed by atoms with Gasteiger partial charge in [0.25, 0.3) is 11.8 Å². The second-order valence-corrected chi connectivity index (χ2v) is 11.4. The van der Waals surface area contributed by atoms with E-state index in [2.05, 4.69) is 16.0 Å². The van der Waals surface area contributed by atoms with Crippen LogP contribution in [-0.2, 0) is 9.59 Å². The van der Waals surface area contributed by atoms with Crippen LogP contribution >= 0.6 is 46.6 Å². The van der Waals surface area contributed by atoms with E-state index in [9.17, 15) is 14.4 Å². The van der Waals surface area contributed by atoms with Gasteiger partial charge in [-0.3, -0.25) is 14.4 Å². The van der Waals surface area contributed by atoms with Crippen LogP contribution in [0.3, 0.4) is 0 Å². The monoisotopic (exact) mass is 623 g/mol. The summed E-state index contributed by atoms with van der Waals surface area (Å²) in [5.41, 5.74) is 1.89. The predicted molar refractivity (Wildman–Crippen MR) is 169 cm³/mol. The van der Waals surface area contributed by atoms with Crippen molar-refractivity contribution >= 4 is 81.7 Å². The highest BCUT2D eigenvalue weighted by molar-refractivity contribution is 8.00. The summed E-state index contributed by atoms with van der Waals surface area (Å²) in [6.07, 6.45) is 1.46. The lowest BCUT2D eigenvalue weighted by Gasteiger charge is -2.14. The summed E-state index contributed by atoms with van der Waals surface area (Å²) < 4.78 is 0. The summed E-state index contributed by atoms with van der Waals surface area (Å²) >= 11 is 19.8. The average molecular weight is 625 g/mol. The molecule has 0 aliphatic carbocycles. The first kappa shape index (κ1) is 30.2. The molecular formula is C31H24Cl3N3O3S. The Morgan fingerprint density at radius 2 is 1.46 bits per heavy atom. The Morgan fingerprint density at radius 1 is 0.780 bits per heavy atom. The number of benzene rings is 4. The topological polar surface area (TPSA) is 87.3 Å². The van der Waals surface area contributed by atoms with E-state index in [-0.39, 0.29) is 16.6 Å². The van der Waals surface area contributed by atoms with E-state index >= 15 is 0 Å². The fourth-order valence-corrected chi connectivity index (χ4v) is 5.12. The Labute approximate surface area is 257 Å². The van der Waals surface area contributed by atoms with E-state index in [1.165, 1.54) is 17.8 Å². The molecule has 3 amide bonds. The molecule has 3 N–H and O–H groups in total. The van der Waals surface area contributed by atoms with Crippen LogP contribution in [-0.4, -0.2) is 23.0 Å². The molecule has 0 bridgehead atoms. The van der Waals surface area contributed by atoms with Gasteiger partial charge in [-0.2, -0.15) is 0 Å². The molecule has 41 heavy (non-hydrogen) atoms. The lowest BCUT2D eigenvalue weighted by atomic mass is 10.1. The lowest BCUT2D eigenvalue weighted by molar-refractivity contribution is -0.115. The minimum atomic E-state index is -0.570. The lowest BCUT2D eigenvalue weighted by Crippen LogP contribution is -2.30. The second-order valence-electron chi connectivity index (χ2n) is 8.76. The molecule has 1 unspecified atom stereocenters. The minimum Gasteiger partial charge on any atom is -0.325 e. The van der Waals surface area contributed by atoms with Crippen molar-refractivity contribution in [2.75, 3.05) is 10.6 Å². The normalized spacial score (nSPS) is 11.9. The number of rotatable bonds is 9. The molecule has 0 saturated heterocycles. The molecule has 0 aliphatic rings. The van der Waals surface area contributed by atoms with E-state index in [4.69, 9.17) is 34.8 Å². The van der Waals surface area contributed by atoms with Gasteiger partial charge in [0.05, 0.1) is 15.3 Å². The fraction of sp³-hybridized carbons (Fsp3) is 0.0645. The molecule has 0 fully saturated rings. The van der Waals surface area contributed by atoms with Gasteiger partial charge in [-0.25, -0.2) is 0 Å². The van der Waals surface area contributed by atoms with Crippen LogP contribution in [0, 0.1) is 0 Å². The van der Waals surface area contributed by atoms with E-state index in [1.54, 1.807) is 97.9 Å². The zero-order valence-corrected chi connectivity index (χ0v) is 24.7. The first-order valence-electron chi connectivity index (χ1n) is 12.4. The number of anilines is 2. The third-order valence-corrected chi connectivity index (χ3v) is 7.84. The van der Waals surface area contributed by atoms with Gasteiger partial charge in [0.2, 0.25) is 5.91 Å². The van der Waals surface area contributed by atoms with E-state index in [1.807, 2.05) is 6.07 Å². The van der Waals surface area contributed by atoms with E-state index < -0.39 is 17.1 Å². The summed E-state index contributed by atoms with van der Waals surface area (Å²) in [5, 5.41) is 8.99. The average Bonchev–Trinajstić information content (AvgIpc) is 2.95. The van der Waals surface area contributed by atoms with Gasteiger partial charge >= 0.3 is 0 Å². The van der Waals surface area contributed by atoms with Crippen molar-refractivity contribution in [1.82, 2.24) is 5.32 Å². The van der Waals surface area contributed by atoms with Crippen molar-refractivity contribution in [2.45, 2.75) is 17.1 Å². The number of halogens is 3. The van der Waals surface area contributed by atoms with Gasteiger partial charge in [0.15, 0.2) is 0 Å². The van der Waals surface area contributed by atoms with Crippen molar-refractivity contribution in [3.05, 3.63) is 129 Å². The van der Waals surface area contributed by atoms with Crippen molar-refractivity contribution in [1.29, 1.82) is 0 Å². The number of nitrogens with one attached hydrogen (secondary N) is 3. The van der Waals surface area contributed by atoms with Crippen LogP contribution in [0.25, 0.3) is 6.08 Å². The third-order valence-electron chi connectivity index (χ3n) is 5.68. The zero-order valence-electron chi connectivity index (χ0n) is 21.7. The Balaban J connectivity index is 1.51. The van der Waals surface area contributed by atoms with Crippen LogP contribution in [0.4, 0.5) is 11.4 Å². The van der Waals surface area contributed by atoms with Crippen molar-refractivity contribution in [3.8, 4) is 0 Å². The van der Waals surface area contributed by atoms with Crippen molar-refractivity contribution < 1.29 is 14.4 Å². The van der Waals surface area contributed by atoms with Crippen LogP contribution in [0.5, 0.6) is 0 Å². The summed E-state index contributed by atoms with van der Waals surface area (Å²) in [6, 6.07) is 27.5. The Morgan fingerprint density at radius 3 is 2.20 bits per heavy atom. The zero-order chi connectivity index (χ0) is 29.4. The molecule has 4 aromatic carbocycles. The molecular weight excluding hydrogens is 601 g/mol. The van der Waals surface area contributed by atoms with Crippen LogP contribution in [0.1, 0.15) is 22.8 Å². The molecule has 0 aromatic heterocycles. The third kappa shape index (κ3) is 8.62. The minimum absolute atomic E-state index is 0.0321. The molecule has 1 atom stereocenters. The maximum absolute atomic E-state index is 13.4. The van der Waals surface area contributed by atoms with E-state index in [0.717, 1.165) is 4.90 Å². The molecule has 4 rings (SSSR count). The van der Waals surface area contributed by atoms with Crippen LogP contribution in [0.2, 0.25) is 15.1 Å². The second kappa shape index (κ2) is 14.2. The number of hydrogen-bond acceptors (Lipinski definition) is 4. The highest BCUT2D eigenvalue weighted by Crippen LogP contribution is 2.29. The Hall–Kier alpha value is -3.75. The number of hydrogen-bond donors (Lipinski definition) is 3. The number of thioether (sulfide) groups is 1. The van der Waals surface area contributed by atoms with Gasteiger partial charge in [0.1, 0.15) is 5.70 Å². The molecule has 4 aromatic rings. The molecule has 6 nitrogen and oxygen atoms in total. The number of amides is 3. The number of carbonyl (C=O) groups excluding carboxylic acids is 3. The SMILES string of the molecule is CC(Sc1cccc(NC(=O)/C(=C\c2cccc(Cl)c2Cl)NC(=O)c2ccccc2)c1)C(=O)Nc1cccc(Cl)c1. The fourth-order valence-electron chi connectivity index (χ4n) is 3.64. The first-order valence-corrected chi connectivity index (χ1v) is 14.4. The maximum atomic E-state index is 13.4. The molecule has 0 radical (unpaired) electrons. The Kier molecular flexibility index (Phi) is 10.5. The molecule has 0 heterocycles. The molecule has 10 heteroatoms. The van der Waals surface area contributed by atoms with Crippen LogP contribution < -0.4 is 16.0 Å². The molecule has 0 saturated carbocycles. The highest BCUT2D eigenvalue weighted by Gasteiger charge is 2.18. The number of carbonyl (C=O) groups is 3. The standard InChI is InChI=1S/C31H24Cl3N3O3S/c1-19(29(38)35-23-12-6-11-22(32)17-23)41-25-14-7-13-24(18-25)36-31(40)27(16-21-10-5-15-26(33)28(21)34)37-30(39)20-8-3-2-4-9-20/h2-19H,1H3,(H,35,38)(H,36,40)(H,37,39)/b27-16+. The largest absolute Gasteiger partial charge is 0.325 e. The predicted octanol–water partition coefficient (Wildman–Crippen LogP) is 8.18. The van der Waals surface area contributed by atoms with Gasteiger partial charge in [-0.1, -0.05) is 77.3 Å². The van der Waals surface area contributed by atoms with Crippen molar-refractivity contribution in [3.63, 3.8) is 0 Å². The van der Waals surface area contributed by atoms with Gasteiger partial charge < -0.3 is 16.0 Å². The van der Waals surface area contributed by atoms with Gasteiger partial charge in [0, 0.05) is 26.9 Å². The molecule has 208 valence electrons. The summed E-state index contributed by atoms with van der Waals surface area (Å²) in [6.45, 7) is 1.78. The summed E-state index contributed by atoms with van der Waals surface area (Å²) in [7, 11) is 0. The van der Waals surface area contributed by atoms with Crippen molar-refractivity contribution in [2.24, 2.45) is 0 Å². The molecule has 0 spiro atoms. The van der Waals surface area contributed by atoms with Crippen LogP contribution in [0.15, 0.2) is 108 Å². The quantitative estimate of drug-likeness (QED) is 0.129. The summed E-state index contributed by atoms with van der Waals surface area (Å²) in [5.74, 6) is -1.23. The Bertz CT molecular complexity index is 1610. The highest BCUT2D eigenvalue weighted by atomic mass is 35.5. The van der Waals surface area contributed by atoms with Gasteiger partial charge in [-0.15, -0.1) is 11.8 Å².